The first kappa shape index (κ1) is 24.5. The van der Waals surface area contributed by atoms with Gasteiger partial charge in [0.25, 0.3) is 0 Å². The second kappa shape index (κ2) is 9.37. The van der Waals surface area contributed by atoms with Gasteiger partial charge >= 0.3 is 6.09 Å². The number of methoxy groups -OCH3 is 1. The van der Waals surface area contributed by atoms with Gasteiger partial charge in [-0.1, -0.05) is 5.92 Å². The second-order valence-electron chi connectivity index (χ2n) is 10.2. The summed E-state index contributed by atoms with van der Waals surface area (Å²) in [6, 6.07) is 5.52. The molecule has 37 heavy (non-hydrogen) atoms. The minimum absolute atomic E-state index is 0.161. The molecule has 3 aromatic heterocycles. The molecule has 0 aliphatic carbocycles. The van der Waals surface area contributed by atoms with Crippen molar-refractivity contribution in [3.63, 3.8) is 0 Å². The summed E-state index contributed by atoms with van der Waals surface area (Å²) in [6.45, 7) is 6.33. The Kier molecular flexibility index (Phi) is 6.21. The molecule has 192 valence electrons. The van der Waals surface area contributed by atoms with E-state index in [9.17, 15) is 4.79 Å². The molecule has 4 aromatic rings. The zero-order valence-electron chi connectivity index (χ0n) is 21.6. The number of nitrogens with zero attached hydrogens (tertiary/aromatic N) is 7. The normalized spacial score (nSPS) is 17.8. The van der Waals surface area contributed by atoms with Crippen molar-refractivity contribution in [2.75, 3.05) is 26.0 Å². The maximum absolute atomic E-state index is 12.9. The number of fused-ring (bicyclic) bond motifs is 2. The van der Waals surface area contributed by atoms with Gasteiger partial charge in [-0.3, -0.25) is 0 Å². The van der Waals surface area contributed by atoms with E-state index in [1.165, 1.54) is 6.33 Å². The van der Waals surface area contributed by atoms with Crippen molar-refractivity contribution in [3.05, 3.63) is 42.1 Å². The van der Waals surface area contributed by atoms with Crippen LogP contribution in [0.1, 0.15) is 44.5 Å². The lowest BCUT2D eigenvalue weighted by Gasteiger charge is -2.28. The summed E-state index contributed by atoms with van der Waals surface area (Å²) in [5, 5.41) is 5.40. The smallest absolute Gasteiger partial charge is 0.410 e. The quantitative estimate of drug-likeness (QED) is 0.424. The largest absolute Gasteiger partial charge is 0.444 e. The molecule has 4 heterocycles. The zero-order chi connectivity index (χ0) is 26.3. The summed E-state index contributed by atoms with van der Waals surface area (Å²) in [7, 11) is 3.56. The van der Waals surface area contributed by atoms with E-state index >= 15 is 0 Å². The molecule has 0 unspecified atom stereocenters. The summed E-state index contributed by atoms with van der Waals surface area (Å²) in [5.74, 6) is 6.66. The number of aryl methyl sites for hydroxylation is 1. The van der Waals surface area contributed by atoms with E-state index in [0.717, 1.165) is 16.6 Å². The van der Waals surface area contributed by atoms with Gasteiger partial charge in [0.2, 0.25) is 0 Å². The van der Waals surface area contributed by atoms with Crippen LogP contribution in [0.2, 0.25) is 0 Å². The van der Waals surface area contributed by atoms with Crippen LogP contribution in [0.3, 0.4) is 0 Å². The van der Waals surface area contributed by atoms with Crippen LogP contribution in [0.15, 0.2) is 30.9 Å². The van der Waals surface area contributed by atoms with Crippen LogP contribution >= 0.6 is 0 Å². The maximum Gasteiger partial charge on any atom is 0.410 e. The lowest BCUT2D eigenvalue weighted by atomic mass is 10.2. The number of carbonyl (C=O) groups excluding carboxylic acids is 1. The van der Waals surface area contributed by atoms with Crippen LogP contribution in [-0.2, 0) is 16.5 Å². The number of amides is 1. The molecule has 2 N–H and O–H groups in total. The third-order valence-electron chi connectivity index (χ3n) is 6.29. The Hall–Kier alpha value is -4.17. The lowest BCUT2D eigenvalue weighted by molar-refractivity contribution is 0.0145. The van der Waals surface area contributed by atoms with E-state index < -0.39 is 5.60 Å². The Balaban J connectivity index is 1.51. The number of hydrogen-bond acceptors (Lipinski definition) is 8. The van der Waals surface area contributed by atoms with Gasteiger partial charge in [-0.15, -0.1) is 0 Å². The number of carbonyl (C=O) groups is 1. The molecule has 0 bridgehead atoms. The monoisotopic (exact) mass is 502 g/mol. The van der Waals surface area contributed by atoms with Gasteiger partial charge in [-0.05, 0) is 51.3 Å². The van der Waals surface area contributed by atoms with Crippen molar-refractivity contribution in [2.24, 2.45) is 7.05 Å². The first-order valence-electron chi connectivity index (χ1n) is 12.0. The molecular weight excluding hydrogens is 472 g/mol. The van der Waals surface area contributed by atoms with Gasteiger partial charge in [-0.25, -0.2) is 24.4 Å². The van der Waals surface area contributed by atoms with E-state index in [1.54, 1.807) is 23.0 Å². The predicted molar refractivity (Wildman–Crippen MR) is 139 cm³/mol. The van der Waals surface area contributed by atoms with E-state index in [-0.39, 0.29) is 18.2 Å². The highest BCUT2D eigenvalue weighted by atomic mass is 16.6. The van der Waals surface area contributed by atoms with Crippen molar-refractivity contribution in [1.82, 2.24) is 34.2 Å². The van der Waals surface area contributed by atoms with Crippen molar-refractivity contribution < 1.29 is 14.3 Å². The fourth-order valence-electron chi connectivity index (χ4n) is 4.64. The van der Waals surface area contributed by atoms with E-state index in [2.05, 4.69) is 26.8 Å². The third-order valence-corrected chi connectivity index (χ3v) is 6.29. The molecular formula is C26H30N8O3. The number of aromatic nitrogens is 6. The van der Waals surface area contributed by atoms with Crippen molar-refractivity contribution >= 4 is 34.0 Å². The van der Waals surface area contributed by atoms with Crippen molar-refractivity contribution in [2.45, 2.75) is 44.9 Å². The summed E-state index contributed by atoms with van der Waals surface area (Å²) in [6.07, 6.45) is 3.43. The fourth-order valence-corrected chi connectivity index (χ4v) is 4.64. The molecule has 1 amide bonds. The highest BCUT2D eigenvalue weighted by molar-refractivity contribution is 5.90. The zero-order valence-corrected chi connectivity index (χ0v) is 21.6. The molecule has 1 aliphatic rings. The lowest BCUT2D eigenvalue weighted by Crippen LogP contribution is -2.41. The first-order valence-corrected chi connectivity index (χ1v) is 12.0. The molecule has 5 rings (SSSR count). The minimum Gasteiger partial charge on any atom is -0.444 e. The van der Waals surface area contributed by atoms with Gasteiger partial charge in [0.1, 0.15) is 23.4 Å². The van der Waals surface area contributed by atoms with Gasteiger partial charge < -0.3 is 24.7 Å². The number of anilines is 1. The Labute approximate surface area is 214 Å². The molecule has 11 heteroatoms. The standard InChI is InChI=1S/C26H30N8O3/c1-26(2,3)37-25(35)33-12-17(11-18(33)13-36-5)34-24-22(23(27)28-14-29-24)20(31-34)9-7-16-6-8-19-21(10-16)32(4)15-30-19/h6,8,10,14-15,17-18H,11-13H2,1-5H3,(H2,27,28,29)/t17-,18+/m0/s1. The molecule has 1 fully saturated rings. The summed E-state index contributed by atoms with van der Waals surface area (Å²) < 4.78 is 14.8. The van der Waals surface area contributed by atoms with Crippen molar-refractivity contribution in [3.8, 4) is 11.8 Å². The molecule has 1 saturated heterocycles. The minimum atomic E-state index is -0.603. The fraction of sp³-hybridized carbons (Fsp3) is 0.423. The number of likely N-dealkylation sites (tertiary alicyclic amines) is 1. The molecule has 1 aliphatic heterocycles. The molecule has 0 spiro atoms. The third kappa shape index (κ3) is 4.80. The molecule has 1 aromatic carbocycles. The average molecular weight is 503 g/mol. The molecule has 11 nitrogen and oxygen atoms in total. The van der Waals surface area contributed by atoms with E-state index in [0.29, 0.717) is 42.1 Å². The van der Waals surface area contributed by atoms with Crippen LogP contribution in [0.5, 0.6) is 0 Å². The number of benzene rings is 1. The van der Waals surface area contributed by atoms with Crippen molar-refractivity contribution in [1.29, 1.82) is 0 Å². The number of imidazole rings is 1. The summed E-state index contributed by atoms with van der Waals surface area (Å²) in [5.41, 5.74) is 9.42. The Morgan fingerprint density at radius 1 is 1.22 bits per heavy atom. The highest BCUT2D eigenvalue weighted by Crippen LogP contribution is 2.32. The van der Waals surface area contributed by atoms with Gasteiger partial charge in [0.05, 0.1) is 41.4 Å². The van der Waals surface area contributed by atoms with Gasteiger partial charge in [-0.2, -0.15) is 5.10 Å². The average Bonchev–Trinajstić information content (AvgIpc) is 3.53. The highest BCUT2D eigenvalue weighted by Gasteiger charge is 2.39. The Bertz CT molecular complexity index is 1540. The molecule has 0 radical (unpaired) electrons. The van der Waals surface area contributed by atoms with Gasteiger partial charge in [0.15, 0.2) is 5.65 Å². The topological polar surface area (TPSA) is 126 Å². The number of nitrogens with two attached hydrogens (primary N) is 1. The first-order chi connectivity index (χ1) is 17.6. The number of ether oxygens (including phenoxy) is 2. The van der Waals surface area contributed by atoms with Crippen LogP contribution in [-0.4, -0.2) is 72.2 Å². The van der Waals surface area contributed by atoms with E-state index in [1.807, 2.05) is 50.6 Å². The van der Waals surface area contributed by atoms with E-state index in [4.69, 9.17) is 20.3 Å². The number of rotatable bonds is 3. The van der Waals surface area contributed by atoms with Crippen LogP contribution in [0, 0.1) is 11.8 Å². The van der Waals surface area contributed by atoms with Crippen LogP contribution < -0.4 is 5.73 Å². The Morgan fingerprint density at radius 2 is 2.03 bits per heavy atom. The summed E-state index contributed by atoms with van der Waals surface area (Å²) >= 11 is 0. The second-order valence-corrected chi connectivity index (χ2v) is 10.2. The summed E-state index contributed by atoms with van der Waals surface area (Å²) in [4.78, 5) is 27.6. The molecule has 0 saturated carbocycles. The predicted octanol–water partition coefficient (Wildman–Crippen LogP) is 2.89. The molecule has 2 atom stereocenters. The van der Waals surface area contributed by atoms with Crippen LogP contribution in [0.4, 0.5) is 10.6 Å². The SMILES string of the molecule is COC[C@H]1C[C@H](n2nc(C#Cc3ccc4ncn(C)c4c3)c3c(N)ncnc32)CN1C(=O)OC(C)(C)C. The maximum atomic E-state index is 12.9. The number of nitrogen functional groups attached to an aromatic ring is 1. The van der Waals surface area contributed by atoms with Gasteiger partial charge in [0, 0.05) is 26.3 Å². The number of hydrogen-bond donors (Lipinski definition) is 1. The van der Waals surface area contributed by atoms with Crippen LogP contribution in [0.25, 0.3) is 22.1 Å². The Morgan fingerprint density at radius 3 is 2.78 bits per heavy atom.